The summed E-state index contributed by atoms with van der Waals surface area (Å²) in [6, 6.07) is 0. The van der Waals surface area contributed by atoms with Crippen molar-refractivity contribution in [2.24, 2.45) is 5.84 Å². The number of nitrogen functional groups attached to an aromatic ring is 1. The summed E-state index contributed by atoms with van der Waals surface area (Å²) in [5, 5.41) is 0. The van der Waals surface area contributed by atoms with E-state index in [0.717, 1.165) is 5.69 Å². The Kier molecular flexibility index (Phi) is 5.02. The number of aromatic nitrogens is 2. The lowest BCUT2D eigenvalue weighted by Crippen LogP contribution is -2.08. The van der Waals surface area contributed by atoms with E-state index in [4.69, 9.17) is 5.84 Å². The van der Waals surface area contributed by atoms with Crippen molar-refractivity contribution in [2.45, 2.75) is 20.8 Å². The first-order valence-electron chi connectivity index (χ1n) is 3.58. The van der Waals surface area contributed by atoms with Gasteiger partial charge in [-0.05, 0) is 6.92 Å². The first kappa shape index (κ1) is 9.84. The maximum atomic E-state index is 5.05. The number of hydrogen-bond donors (Lipinski definition) is 2. The van der Waals surface area contributed by atoms with Crippen molar-refractivity contribution in [3.8, 4) is 0 Å². The van der Waals surface area contributed by atoms with Crippen LogP contribution in [-0.4, -0.2) is 9.97 Å². The number of nitrogens with two attached hydrogens (primary N) is 1. The molecule has 0 radical (unpaired) electrons. The Morgan fingerprint density at radius 3 is 2.27 bits per heavy atom. The van der Waals surface area contributed by atoms with Crippen molar-refractivity contribution >= 4 is 5.82 Å². The maximum Gasteiger partial charge on any atom is 0.158 e. The van der Waals surface area contributed by atoms with E-state index >= 15 is 0 Å². The van der Waals surface area contributed by atoms with Gasteiger partial charge in [0.15, 0.2) is 5.82 Å². The van der Waals surface area contributed by atoms with Crippen molar-refractivity contribution < 1.29 is 0 Å². The summed E-state index contributed by atoms with van der Waals surface area (Å²) in [7, 11) is 0. The van der Waals surface area contributed by atoms with Crippen LogP contribution in [0.25, 0.3) is 0 Å². The van der Waals surface area contributed by atoms with Gasteiger partial charge in [0, 0.05) is 0 Å². The molecule has 0 saturated heterocycles. The zero-order valence-corrected chi connectivity index (χ0v) is 7.13. The van der Waals surface area contributed by atoms with Crippen LogP contribution in [0.4, 0.5) is 5.82 Å². The highest BCUT2D eigenvalue weighted by Gasteiger charge is 1.87. The molecule has 0 amide bonds. The molecule has 0 fully saturated rings. The van der Waals surface area contributed by atoms with Gasteiger partial charge in [0.05, 0.1) is 18.1 Å². The average Bonchev–Trinajstić information content (AvgIpc) is 2.10. The zero-order chi connectivity index (χ0) is 8.69. The third-order valence-electron chi connectivity index (χ3n) is 0.929. The van der Waals surface area contributed by atoms with Gasteiger partial charge in [0.1, 0.15) is 0 Å². The summed E-state index contributed by atoms with van der Waals surface area (Å²) in [4.78, 5) is 7.84. The van der Waals surface area contributed by atoms with Crippen LogP contribution in [0.5, 0.6) is 0 Å². The van der Waals surface area contributed by atoms with Gasteiger partial charge >= 0.3 is 0 Å². The largest absolute Gasteiger partial charge is 0.307 e. The van der Waals surface area contributed by atoms with E-state index in [0.29, 0.717) is 5.82 Å². The molecule has 0 spiro atoms. The molecule has 0 unspecified atom stereocenters. The molecule has 1 rings (SSSR count). The zero-order valence-electron chi connectivity index (χ0n) is 7.13. The van der Waals surface area contributed by atoms with Crippen LogP contribution in [0.15, 0.2) is 12.4 Å². The monoisotopic (exact) mass is 154 g/mol. The molecule has 0 aliphatic rings. The Bertz CT molecular complexity index is 182. The molecule has 1 aromatic heterocycles. The van der Waals surface area contributed by atoms with E-state index < -0.39 is 0 Å². The molecule has 4 nitrogen and oxygen atoms in total. The fraction of sp³-hybridized carbons (Fsp3) is 0.429. The van der Waals surface area contributed by atoms with Gasteiger partial charge in [0.25, 0.3) is 0 Å². The van der Waals surface area contributed by atoms with Crippen molar-refractivity contribution in [3.63, 3.8) is 0 Å². The number of nitrogens with one attached hydrogen (secondary N) is 1. The number of anilines is 1. The Labute approximate surface area is 66.8 Å². The molecule has 11 heavy (non-hydrogen) atoms. The molecular formula is C7H14N4. The highest BCUT2D eigenvalue weighted by Crippen LogP contribution is 1.95. The normalized spacial score (nSPS) is 8.00. The smallest absolute Gasteiger partial charge is 0.158 e. The van der Waals surface area contributed by atoms with Crippen molar-refractivity contribution in [2.75, 3.05) is 5.43 Å². The first-order chi connectivity index (χ1) is 5.33. The third-order valence-corrected chi connectivity index (χ3v) is 0.929. The second kappa shape index (κ2) is 5.61. The molecule has 0 atom stereocenters. The van der Waals surface area contributed by atoms with Crippen LogP contribution in [0, 0.1) is 6.92 Å². The van der Waals surface area contributed by atoms with Gasteiger partial charge in [-0.1, -0.05) is 13.8 Å². The Balaban J connectivity index is 0.000000461. The van der Waals surface area contributed by atoms with Gasteiger partial charge in [-0.2, -0.15) is 0 Å². The Morgan fingerprint density at radius 2 is 1.91 bits per heavy atom. The maximum absolute atomic E-state index is 5.05. The molecule has 0 aliphatic carbocycles. The molecular weight excluding hydrogens is 140 g/mol. The third kappa shape index (κ3) is 3.52. The number of hydrazine groups is 1. The van der Waals surface area contributed by atoms with E-state index in [1.807, 2.05) is 20.8 Å². The van der Waals surface area contributed by atoms with Crippen LogP contribution in [-0.2, 0) is 0 Å². The molecule has 1 heterocycles. The number of rotatable bonds is 1. The second-order valence-electron chi connectivity index (χ2n) is 1.69. The minimum atomic E-state index is 0.584. The van der Waals surface area contributed by atoms with Crippen molar-refractivity contribution in [3.05, 3.63) is 18.1 Å². The van der Waals surface area contributed by atoms with Crippen LogP contribution in [0.1, 0.15) is 19.5 Å². The molecule has 0 saturated carbocycles. The predicted octanol–water partition coefficient (Wildman–Crippen LogP) is 1.10. The van der Waals surface area contributed by atoms with Crippen molar-refractivity contribution in [1.29, 1.82) is 0 Å². The predicted molar refractivity (Wildman–Crippen MR) is 45.9 cm³/mol. The Morgan fingerprint density at radius 1 is 1.27 bits per heavy atom. The molecule has 62 valence electrons. The van der Waals surface area contributed by atoms with E-state index in [2.05, 4.69) is 15.4 Å². The molecule has 1 aromatic rings. The second-order valence-corrected chi connectivity index (χ2v) is 1.69. The summed E-state index contributed by atoms with van der Waals surface area (Å²) in [6.45, 7) is 5.87. The molecule has 3 N–H and O–H groups in total. The summed E-state index contributed by atoms with van der Waals surface area (Å²) in [5.74, 6) is 5.63. The van der Waals surface area contributed by atoms with Crippen LogP contribution in [0.3, 0.4) is 0 Å². The van der Waals surface area contributed by atoms with Crippen LogP contribution < -0.4 is 11.3 Å². The minimum Gasteiger partial charge on any atom is -0.307 e. The molecule has 0 aromatic carbocycles. The number of hydrogen-bond acceptors (Lipinski definition) is 4. The summed E-state index contributed by atoms with van der Waals surface area (Å²) < 4.78 is 0. The highest BCUT2D eigenvalue weighted by molar-refractivity contribution is 5.28. The van der Waals surface area contributed by atoms with Gasteiger partial charge in [-0.15, -0.1) is 0 Å². The van der Waals surface area contributed by atoms with Crippen LogP contribution in [0.2, 0.25) is 0 Å². The summed E-state index contributed by atoms with van der Waals surface area (Å²) in [5.41, 5.74) is 3.26. The average molecular weight is 154 g/mol. The van der Waals surface area contributed by atoms with E-state index in [1.165, 1.54) is 0 Å². The van der Waals surface area contributed by atoms with Crippen LogP contribution >= 0.6 is 0 Å². The molecule has 0 bridgehead atoms. The van der Waals surface area contributed by atoms with Gasteiger partial charge in [-0.3, -0.25) is 4.98 Å². The van der Waals surface area contributed by atoms with Gasteiger partial charge < -0.3 is 5.43 Å². The molecule has 4 heteroatoms. The Hall–Kier alpha value is -1.16. The van der Waals surface area contributed by atoms with Crippen molar-refractivity contribution in [1.82, 2.24) is 9.97 Å². The first-order valence-corrected chi connectivity index (χ1v) is 3.58. The summed E-state index contributed by atoms with van der Waals surface area (Å²) in [6.07, 6.45) is 3.23. The minimum absolute atomic E-state index is 0.584. The fourth-order valence-electron chi connectivity index (χ4n) is 0.467. The highest BCUT2D eigenvalue weighted by atomic mass is 15.3. The number of aryl methyl sites for hydroxylation is 1. The molecule has 0 aliphatic heterocycles. The summed E-state index contributed by atoms with van der Waals surface area (Å²) >= 11 is 0. The lowest BCUT2D eigenvalue weighted by molar-refractivity contribution is 1.10. The standard InChI is InChI=1S/C5H8N4.C2H6/c1-4-2-8-5(9-6)3-7-4;1-2/h2-3H,6H2,1H3,(H,8,9);1-2H3. The van der Waals surface area contributed by atoms with E-state index in [9.17, 15) is 0 Å². The topological polar surface area (TPSA) is 63.8 Å². The SMILES string of the molecule is CC.Cc1cnc(NN)cn1. The fourth-order valence-corrected chi connectivity index (χ4v) is 0.467. The lowest BCUT2D eigenvalue weighted by atomic mass is 10.5. The number of nitrogens with zero attached hydrogens (tertiary/aromatic N) is 2. The quantitative estimate of drug-likeness (QED) is 0.469. The lowest BCUT2D eigenvalue weighted by Gasteiger charge is -1.95. The van der Waals surface area contributed by atoms with Gasteiger partial charge in [0.2, 0.25) is 0 Å². The van der Waals surface area contributed by atoms with E-state index in [-0.39, 0.29) is 0 Å². The van der Waals surface area contributed by atoms with Gasteiger partial charge in [-0.25, -0.2) is 10.8 Å². The van der Waals surface area contributed by atoms with E-state index in [1.54, 1.807) is 12.4 Å².